The lowest BCUT2D eigenvalue weighted by Gasteiger charge is -2.29. The van der Waals surface area contributed by atoms with Gasteiger partial charge in [0.25, 0.3) is 0 Å². The van der Waals surface area contributed by atoms with Crippen molar-refractivity contribution < 1.29 is 8.83 Å². The SMILES string of the molecule is c1ccc(N(c2ccc(-c3ccc4c(c3)oc3ccccc34)cc2)c2cccc3ccccc23)c(-c2ccc3oc4c5ccccc5ccc4c3c2)c1. The van der Waals surface area contributed by atoms with Gasteiger partial charge in [-0.1, -0.05) is 127 Å². The quantitative estimate of drug-likeness (QED) is 0.182. The maximum Gasteiger partial charge on any atom is 0.143 e. The van der Waals surface area contributed by atoms with Gasteiger partial charge in [0.2, 0.25) is 0 Å². The lowest BCUT2D eigenvalue weighted by atomic mass is 9.98. The number of fused-ring (bicyclic) bond motifs is 9. The molecule has 2 heterocycles. The molecule has 0 atom stereocenters. The Labute approximate surface area is 305 Å². The minimum atomic E-state index is 0.889. The van der Waals surface area contributed by atoms with E-state index in [0.717, 1.165) is 88.6 Å². The summed E-state index contributed by atoms with van der Waals surface area (Å²) in [4.78, 5) is 2.40. The number of furan rings is 2. The third kappa shape index (κ3) is 4.75. The Balaban J connectivity index is 1.07. The molecule has 0 fully saturated rings. The fraction of sp³-hybridized carbons (Fsp3) is 0. The monoisotopic (exact) mass is 677 g/mol. The summed E-state index contributed by atoms with van der Waals surface area (Å²) in [5.41, 5.74) is 11.4. The van der Waals surface area contributed by atoms with Crippen molar-refractivity contribution in [2.75, 3.05) is 4.90 Å². The summed E-state index contributed by atoms with van der Waals surface area (Å²) in [6.45, 7) is 0. The zero-order valence-electron chi connectivity index (χ0n) is 28.7. The van der Waals surface area contributed by atoms with Crippen molar-refractivity contribution in [3.63, 3.8) is 0 Å². The number of nitrogens with zero attached hydrogens (tertiary/aromatic N) is 1. The van der Waals surface area contributed by atoms with Crippen molar-refractivity contribution in [2.45, 2.75) is 0 Å². The Bertz CT molecular complexity index is 3180. The molecule has 0 saturated carbocycles. The third-order valence-electron chi connectivity index (χ3n) is 10.7. The number of rotatable bonds is 5. The minimum Gasteiger partial charge on any atom is -0.456 e. The Morgan fingerprint density at radius 1 is 0.321 bits per heavy atom. The normalized spacial score (nSPS) is 11.8. The van der Waals surface area contributed by atoms with E-state index >= 15 is 0 Å². The van der Waals surface area contributed by atoms with Crippen LogP contribution >= 0.6 is 0 Å². The first kappa shape index (κ1) is 29.6. The van der Waals surface area contributed by atoms with Gasteiger partial charge in [0.05, 0.1) is 11.4 Å². The number of anilines is 3. The van der Waals surface area contributed by atoms with Crippen molar-refractivity contribution in [3.8, 4) is 22.3 Å². The molecule has 53 heavy (non-hydrogen) atoms. The van der Waals surface area contributed by atoms with E-state index < -0.39 is 0 Å². The fourth-order valence-corrected chi connectivity index (χ4v) is 8.10. The number of benzene rings is 9. The molecule has 248 valence electrons. The van der Waals surface area contributed by atoms with Crippen LogP contribution in [0.3, 0.4) is 0 Å². The molecule has 0 spiro atoms. The second-order valence-corrected chi connectivity index (χ2v) is 13.7. The zero-order valence-corrected chi connectivity index (χ0v) is 28.7. The summed E-state index contributed by atoms with van der Waals surface area (Å²) < 4.78 is 12.7. The molecule has 0 saturated heterocycles. The minimum absolute atomic E-state index is 0.889. The van der Waals surface area contributed by atoms with E-state index in [2.05, 4.69) is 181 Å². The summed E-state index contributed by atoms with van der Waals surface area (Å²) in [5.74, 6) is 0. The molecule has 11 aromatic rings. The fourth-order valence-electron chi connectivity index (χ4n) is 8.10. The van der Waals surface area contributed by atoms with Gasteiger partial charge in [-0.15, -0.1) is 0 Å². The first-order valence-corrected chi connectivity index (χ1v) is 18.0. The van der Waals surface area contributed by atoms with Crippen LogP contribution in [0.15, 0.2) is 197 Å². The first-order chi connectivity index (χ1) is 26.3. The van der Waals surface area contributed by atoms with Crippen molar-refractivity contribution in [1.29, 1.82) is 0 Å². The largest absolute Gasteiger partial charge is 0.456 e. The van der Waals surface area contributed by atoms with Crippen molar-refractivity contribution >= 4 is 82.5 Å². The van der Waals surface area contributed by atoms with Crippen LogP contribution < -0.4 is 4.90 Å². The second kappa shape index (κ2) is 11.7. The van der Waals surface area contributed by atoms with Gasteiger partial charge in [-0.2, -0.15) is 0 Å². The molecule has 0 aliphatic carbocycles. The summed E-state index contributed by atoms with van der Waals surface area (Å²) >= 11 is 0. The van der Waals surface area contributed by atoms with E-state index in [4.69, 9.17) is 8.83 Å². The summed E-state index contributed by atoms with van der Waals surface area (Å²) in [7, 11) is 0. The van der Waals surface area contributed by atoms with Gasteiger partial charge in [-0.3, -0.25) is 0 Å². The standard InChI is InChI=1S/C50H31NO2/c1-3-13-38-33(10-1)12-9-18-46(38)51(37-25-20-32(21-26-37)35-23-27-42-41-16-6-8-19-47(41)52-49(42)31-35)45-17-7-5-14-39(45)36-24-29-48-44(30-36)43-28-22-34-11-2-4-15-40(34)50(43)53-48/h1-31H. The average Bonchev–Trinajstić information content (AvgIpc) is 3.79. The van der Waals surface area contributed by atoms with Gasteiger partial charge < -0.3 is 13.7 Å². The molecule has 0 N–H and O–H groups in total. The molecule has 2 aromatic heterocycles. The Hall–Kier alpha value is -7.10. The van der Waals surface area contributed by atoms with Gasteiger partial charge in [-0.05, 0) is 88.1 Å². The Morgan fingerprint density at radius 2 is 0.943 bits per heavy atom. The van der Waals surface area contributed by atoms with Crippen LogP contribution in [0.5, 0.6) is 0 Å². The van der Waals surface area contributed by atoms with E-state index in [1.54, 1.807) is 0 Å². The lowest BCUT2D eigenvalue weighted by Crippen LogP contribution is -2.11. The first-order valence-electron chi connectivity index (χ1n) is 18.0. The van der Waals surface area contributed by atoms with E-state index in [9.17, 15) is 0 Å². The highest BCUT2D eigenvalue weighted by Crippen LogP contribution is 2.45. The molecular formula is C50H31NO2. The Morgan fingerprint density at radius 3 is 1.83 bits per heavy atom. The summed E-state index contributed by atoms with van der Waals surface area (Å²) in [6, 6.07) is 66.9. The van der Waals surface area contributed by atoms with Crippen LogP contribution in [-0.2, 0) is 0 Å². The van der Waals surface area contributed by atoms with Crippen LogP contribution in [0.25, 0.3) is 87.7 Å². The van der Waals surface area contributed by atoms with Gasteiger partial charge in [0.1, 0.15) is 22.3 Å². The maximum absolute atomic E-state index is 6.49. The molecular weight excluding hydrogens is 647 g/mol. The number of hydrogen-bond donors (Lipinski definition) is 0. The lowest BCUT2D eigenvalue weighted by molar-refractivity contribution is 0.669. The molecule has 9 aromatic carbocycles. The van der Waals surface area contributed by atoms with E-state index in [1.165, 1.54) is 16.2 Å². The van der Waals surface area contributed by atoms with Crippen molar-refractivity contribution in [1.82, 2.24) is 0 Å². The predicted octanol–water partition coefficient (Wildman–Crippen LogP) is 14.6. The highest BCUT2D eigenvalue weighted by molar-refractivity contribution is 6.16. The number of para-hydroxylation sites is 2. The van der Waals surface area contributed by atoms with Gasteiger partial charge in [0.15, 0.2) is 0 Å². The molecule has 0 aliphatic heterocycles. The topological polar surface area (TPSA) is 29.5 Å². The molecule has 11 rings (SSSR count). The zero-order chi connectivity index (χ0) is 34.9. The maximum atomic E-state index is 6.49. The highest BCUT2D eigenvalue weighted by Gasteiger charge is 2.20. The molecule has 3 heteroatoms. The summed E-state index contributed by atoms with van der Waals surface area (Å²) in [6.07, 6.45) is 0. The van der Waals surface area contributed by atoms with Gasteiger partial charge >= 0.3 is 0 Å². The molecule has 0 amide bonds. The van der Waals surface area contributed by atoms with Gasteiger partial charge in [0, 0.05) is 43.6 Å². The van der Waals surface area contributed by atoms with Crippen LogP contribution in [0.4, 0.5) is 17.1 Å². The van der Waals surface area contributed by atoms with E-state index in [1.807, 2.05) is 12.1 Å². The third-order valence-corrected chi connectivity index (χ3v) is 10.7. The van der Waals surface area contributed by atoms with Crippen LogP contribution in [0.1, 0.15) is 0 Å². The molecule has 0 bridgehead atoms. The van der Waals surface area contributed by atoms with Crippen molar-refractivity contribution in [2.24, 2.45) is 0 Å². The summed E-state index contributed by atoms with van der Waals surface area (Å²) in [5, 5.41) is 9.20. The molecule has 0 unspecified atom stereocenters. The molecule has 3 nitrogen and oxygen atoms in total. The van der Waals surface area contributed by atoms with E-state index in [-0.39, 0.29) is 0 Å². The van der Waals surface area contributed by atoms with Crippen LogP contribution in [-0.4, -0.2) is 0 Å². The second-order valence-electron chi connectivity index (χ2n) is 13.7. The van der Waals surface area contributed by atoms with Crippen molar-refractivity contribution in [3.05, 3.63) is 188 Å². The van der Waals surface area contributed by atoms with Crippen LogP contribution in [0.2, 0.25) is 0 Å². The average molecular weight is 678 g/mol. The van der Waals surface area contributed by atoms with Crippen LogP contribution in [0, 0.1) is 0 Å². The molecule has 0 radical (unpaired) electrons. The van der Waals surface area contributed by atoms with Gasteiger partial charge in [-0.25, -0.2) is 0 Å². The highest BCUT2D eigenvalue weighted by atomic mass is 16.3. The Kier molecular flexibility index (Phi) is 6.55. The smallest absolute Gasteiger partial charge is 0.143 e. The molecule has 0 aliphatic rings. The predicted molar refractivity (Wildman–Crippen MR) is 222 cm³/mol. The van der Waals surface area contributed by atoms with E-state index in [0.29, 0.717) is 0 Å². The number of hydrogen-bond acceptors (Lipinski definition) is 3.